The van der Waals surface area contributed by atoms with E-state index in [0.717, 1.165) is 0 Å². The summed E-state index contributed by atoms with van der Waals surface area (Å²) in [5, 5.41) is 0. The summed E-state index contributed by atoms with van der Waals surface area (Å²) in [7, 11) is 21.2. The quantitative estimate of drug-likeness (QED) is 0.604. The second kappa shape index (κ2) is 1.73. The second-order valence-electron chi connectivity index (χ2n) is 0.476. The molecular weight excluding hydrogens is 236 g/mol. The van der Waals surface area contributed by atoms with Crippen LogP contribution in [0.3, 0.4) is 0 Å². The van der Waals surface area contributed by atoms with Gasteiger partial charge in [-0.15, -0.1) is 0 Å². The van der Waals surface area contributed by atoms with Crippen molar-refractivity contribution >= 4 is 50.7 Å². The Bertz CT molecular complexity index is 37.1. The summed E-state index contributed by atoms with van der Waals surface area (Å²) >= 11 is 0. The summed E-state index contributed by atoms with van der Waals surface area (Å²) in [5.74, 6) is 0. The molecule has 0 amide bonds. The number of hydrogen-bond acceptors (Lipinski definition) is 0. The first kappa shape index (κ1) is 7.96. The summed E-state index contributed by atoms with van der Waals surface area (Å²) in [6.07, 6.45) is 0. The van der Waals surface area contributed by atoms with Crippen LogP contribution in [0, 0.1) is 0 Å². The molecule has 0 saturated carbocycles. The third kappa shape index (κ3) is 38.2. The van der Waals surface area contributed by atoms with Crippen LogP contribution in [0.4, 0.5) is 0 Å². The van der Waals surface area contributed by atoms with Gasteiger partial charge in [0, 0.05) is 0 Å². The van der Waals surface area contributed by atoms with Crippen LogP contribution in [0.15, 0.2) is 0 Å². The molecule has 0 unspecified atom stereocenters. The van der Waals surface area contributed by atoms with Crippen molar-refractivity contribution in [3.05, 3.63) is 0 Å². The third-order valence-electron chi connectivity index (χ3n) is 0. The van der Waals surface area contributed by atoms with Gasteiger partial charge < -0.3 is 0 Å². The predicted molar refractivity (Wildman–Crippen MR) is 29.3 cm³/mol. The number of hydrogen-bond donors (Lipinski definition) is 0. The molecule has 0 saturated heterocycles. The third-order valence-corrected chi connectivity index (χ3v) is 0. The Labute approximate surface area is 57.4 Å². The molecule has 0 aliphatic carbocycles. The van der Waals surface area contributed by atoms with E-state index >= 15 is 0 Å². The van der Waals surface area contributed by atoms with Gasteiger partial charge in [-0.3, -0.25) is 0 Å². The van der Waals surface area contributed by atoms with Gasteiger partial charge in [-0.25, -0.2) is 0 Å². The summed E-state index contributed by atoms with van der Waals surface area (Å²) in [6, 6.07) is 0. The van der Waals surface area contributed by atoms with E-state index in [1.807, 2.05) is 0 Å². The van der Waals surface area contributed by atoms with E-state index in [0.29, 0.717) is 0 Å². The van der Waals surface area contributed by atoms with Crippen LogP contribution in [-0.4, -0.2) is 0 Å². The van der Waals surface area contributed by atoms with Crippen molar-refractivity contribution in [2.75, 3.05) is 0 Å². The van der Waals surface area contributed by atoms with Gasteiger partial charge in [0.05, 0.1) is 0 Å². The molecule has 0 spiro atoms. The van der Waals surface area contributed by atoms with Gasteiger partial charge in [-0.2, -0.15) is 0 Å². The van der Waals surface area contributed by atoms with Gasteiger partial charge >= 0.3 is 57.8 Å². The van der Waals surface area contributed by atoms with Crippen molar-refractivity contribution in [1.82, 2.24) is 0 Å². The van der Waals surface area contributed by atoms with Crippen LogP contribution in [0.1, 0.15) is 0 Å². The molecule has 6 heteroatoms. The van der Waals surface area contributed by atoms with E-state index < -0.39 is 7.06 Å². The van der Waals surface area contributed by atoms with Crippen LogP contribution in [0.2, 0.25) is 0 Å². The Hall–Kier alpha value is 1.96. The molecule has 0 atom stereocenters. The molecule has 44 valence electrons. The number of halogens is 5. The van der Waals surface area contributed by atoms with E-state index in [2.05, 4.69) is 0 Å². The van der Waals surface area contributed by atoms with Crippen LogP contribution < -0.4 is 0 Å². The average molecular weight is 236 g/mol. The van der Waals surface area contributed by atoms with Crippen molar-refractivity contribution in [3.63, 3.8) is 0 Å². The average Bonchev–Trinajstić information content (AvgIpc) is 0.650. The molecule has 0 aliphatic rings. The first-order valence-electron chi connectivity index (χ1n) is 0.630. The molecule has 0 aromatic carbocycles. The van der Waals surface area contributed by atoms with Crippen molar-refractivity contribution in [2.45, 2.75) is 0 Å². The normalized spacial score (nSPS) is 19.2. The van der Waals surface area contributed by atoms with Crippen molar-refractivity contribution < 1.29 is 7.06 Å². The van der Waals surface area contributed by atoms with Crippen LogP contribution in [0.5, 0.6) is 0 Å². The fourth-order valence-corrected chi connectivity index (χ4v) is 0. The van der Waals surface area contributed by atoms with Gasteiger partial charge in [0.2, 0.25) is 0 Å². The predicted octanol–water partition coefficient (Wildman–Crippen LogP) is 3.44. The second-order valence-corrected chi connectivity index (χ2v) is 17.7. The molecule has 0 fully saturated rings. The standard InChI is InChI=1S/5ClH.Co/h5*1H;/q;;;;;+5/p-5. The topological polar surface area (TPSA) is 0 Å². The SMILES string of the molecule is [Cl][Co]([Cl])([Cl])([Cl])[Cl]. The molecule has 0 heterocycles. The fourth-order valence-electron chi connectivity index (χ4n) is 0. The minimum absolute atomic E-state index is 3.68. The van der Waals surface area contributed by atoms with Crippen LogP contribution in [-0.2, 0) is 7.06 Å². The Balaban J connectivity index is 3.73. The van der Waals surface area contributed by atoms with Crippen molar-refractivity contribution in [3.8, 4) is 0 Å². The molecule has 0 bridgehead atoms. The Morgan fingerprint density at radius 1 is 0.667 bits per heavy atom. The molecule has 0 aliphatic heterocycles. The molecule has 0 aromatic rings. The number of rotatable bonds is 0. The van der Waals surface area contributed by atoms with Crippen LogP contribution in [0.25, 0.3) is 0 Å². The summed E-state index contributed by atoms with van der Waals surface area (Å²) in [5.41, 5.74) is 0. The van der Waals surface area contributed by atoms with Crippen molar-refractivity contribution in [2.24, 2.45) is 0 Å². The van der Waals surface area contributed by atoms with E-state index in [9.17, 15) is 0 Å². The summed E-state index contributed by atoms with van der Waals surface area (Å²) in [4.78, 5) is 0. The van der Waals surface area contributed by atoms with E-state index in [1.54, 1.807) is 0 Å². The molecule has 0 N–H and O–H groups in total. The van der Waals surface area contributed by atoms with Gasteiger partial charge in [0.25, 0.3) is 0 Å². The van der Waals surface area contributed by atoms with Gasteiger partial charge in [-0.05, 0) is 0 Å². The Kier molecular flexibility index (Phi) is 2.29. The molecule has 0 radical (unpaired) electrons. The molecular formula is Cl5Co. The molecule has 0 aromatic heterocycles. The fraction of sp³-hybridized carbons (Fsp3) is 0. The minimum atomic E-state index is -3.68. The maximum absolute atomic E-state index is 4.98. The summed E-state index contributed by atoms with van der Waals surface area (Å²) in [6.45, 7) is 0. The molecule has 0 rings (SSSR count). The van der Waals surface area contributed by atoms with Crippen LogP contribution >= 0.6 is 50.7 Å². The summed E-state index contributed by atoms with van der Waals surface area (Å²) < 4.78 is 0. The van der Waals surface area contributed by atoms with Gasteiger partial charge in [0.1, 0.15) is 0 Å². The van der Waals surface area contributed by atoms with E-state index in [-0.39, 0.29) is 0 Å². The van der Waals surface area contributed by atoms with Crippen molar-refractivity contribution in [1.29, 1.82) is 0 Å². The zero-order valence-electron chi connectivity index (χ0n) is 2.22. The Morgan fingerprint density at radius 3 is 0.667 bits per heavy atom. The first-order chi connectivity index (χ1) is 2.24. The first-order valence-corrected chi connectivity index (χ1v) is 7.79. The van der Waals surface area contributed by atoms with Gasteiger partial charge in [0.15, 0.2) is 0 Å². The zero-order chi connectivity index (χ0) is 5.45. The Morgan fingerprint density at radius 2 is 0.667 bits per heavy atom. The maximum atomic E-state index is 4.98. The monoisotopic (exact) mass is 234 g/mol. The zero-order valence-corrected chi connectivity index (χ0v) is 7.04. The molecule has 6 heavy (non-hydrogen) atoms. The van der Waals surface area contributed by atoms with Gasteiger partial charge in [-0.1, -0.05) is 0 Å². The van der Waals surface area contributed by atoms with E-state index in [1.165, 1.54) is 0 Å². The molecule has 0 nitrogen and oxygen atoms in total. The van der Waals surface area contributed by atoms with E-state index in [4.69, 9.17) is 50.7 Å².